The highest BCUT2D eigenvalue weighted by Gasteiger charge is 2.16. The van der Waals surface area contributed by atoms with Crippen molar-refractivity contribution in [2.45, 2.75) is 6.92 Å². The Morgan fingerprint density at radius 1 is 0.933 bits per heavy atom. The maximum absolute atomic E-state index is 13.0. The average Bonchev–Trinajstić information content (AvgIpc) is 2.76. The molecule has 5 nitrogen and oxygen atoms in total. The van der Waals surface area contributed by atoms with Crippen molar-refractivity contribution in [2.24, 2.45) is 0 Å². The summed E-state index contributed by atoms with van der Waals surface area (Å²) >= 11 is 12.0. The quantitative estimate of drug-likeness (QED) is 0.493. The molecule has 0 fully saturated rings. The van der Waals surface area contributed by atoms with E-state index in [2.05, 4.69) is 10.6 Å². The van der Waals surface area contributed by atoms with Crippen LogP contribution in [0.5, 0.6) is 0 Å². The van der Waals surface area contributed by atoms with Crippen molar-refractivity contribution < 1.29 is 9.59 Å². The summed E-state index contributed by atoms with van der Waals surface area (Å²) in [6.07, 6.45) is 0. The molecule has 0 bridgehead atoms. The van der Waals surface area contributed by atoms with E-state index in [1.807, 2.05) is 37.3 Å². The van der Waals surface area contributed by atoms with Gasteiger partial charge in [0.05, 0.1) is 17.3 Å². The van der Waals surface area contributed by atoms with Gasteiger partial charge in [0, 0.05) is 28.5 Å². The zero-order chi connectivity index (χ0) is 21.5. The van der Waals surface area contributed by atoms with Gasteiger partial charge < -0.3 is 15.5 Å². The molecule has 0 unspecified atom stereocenters. The smallest absolute Gasteiger partial charge is 0.258 e. The summed E-state index contributed by atoms with van der Waals surface area (Å²) in [7, 11) is 0. The third-order valence-corrected chi connectivity index (χ3v) is 4.96. The first kappa shape index (κ1) is 21.7. The van der Waals surface area contributed by atoms with Crippen LogP contribution in [0.4, 0.5) is 17.1 Å². The Kier molecular flexibility index (Phi) is 7.33. The van der Waals surface area contributed by atoms with Crippen LogP contribution in [0, 0.1) is 0 Å². The van der Waals surface area contributed by atoms with Gasteiger partial charge in [-0.3, -0.25) is 9.59 Å². The largest absolute Gasteiger partial charge is 0.376 e. The monoisotopic (exact) mass is 441 g/mol. The molecule has 3 rings (SSSR count). The molecule has 0 radical (unpaired) electrons. The van der Waals surface area contributed by atoms with Crippen LogP contribution in [0.1, 0.15) is 17.3 Å². The van der Waals surface area contributed by atoms with Crippen molar-refractivity contribution in [3.05, 3.63) is 88.4 Å². The highest BCUT2D eigenvalue weighted by molar-refractivity contribution is 6.35. The fourth-order valence-corrected chi connectivity index (χ4v) is 3.28. The van der Waals surface area contributed by atoms with Gasteiger partial charge in [0.2, 0.25) is 5.91 Å². The van der Waals surface area contributed by atoms with Gasteiger partial charge in [0.15, 0.2) is 0 Å². The van der Waals surface area contributed by atoms with E-state index in [9.17, 15) is 9.59 Å². The Morgan fingerprint density at radius 2 is 1.70 bits per heavy atom. The van der Waals surface area contributed by atoms with Crippen LogP contribution in [0.3, 0.4) is 0 Å². The molecule has 7 heteroatoms. The number of benzene rings is 3. The fourth-order valence-electron chi connectivity index (χ4n) is 2.94. The molecule has 0 atom stereocenters. The second kappa shape index (κ2) is 10.1. The number of nitrogens with zero attached hydrogens (tertiary/aromatic N) is 1. The zero-order valence-electron chi connectivity index (χ0n) is 16.4. The summed E-state index contributed by atoms with van der Waals surface area (Å²) in [5.74, 6) is -0.391. The second-order valence-corrected chi connectivity index (χ2v) is 7.34. The van der Waals surface area contributed by atoms with Crippen LogP contribution in [-0.4, -0.2) is 24.9 Å². The van der Waals surface area contributed by atoms with E-state index in [4.69, 9.17) is 23.2 Å². The van der Waals surface area contributed by atoms with Crippen LogP contribution in [0.15, 0.2) is 72.8 Å². The summed E-state index contributed by atoms with van der Waals surface area (Å²) < 4.78 is 0. The van der Waals surface area contributed by atoms with Gasteiger partial charge in [-0.2, -0.15) is 0 Å². The number of para-hydroxylation sites is 1. The van der Waals surface area contributed by atoms with Crippen LogP contribution in [0.2, 0.25) is 10.0 Å². The van der Waals surface area contributed by atoms with E-state index in [1.165, 1.54) is 0 Å². The number of carbonyl (C=O) groups is 2. The Balaban J connectivity index is 1.66. The number of anilines is 3. The number of hydrogen-bond acceptors (Lipinski definition) is 3. The van der Waals surface area contributed by atoms with E-state index in [0.29, 0.717) is 33.5 Å². The van der Waals surface area contributed by atoms with Crippen molar-refractivity contribution in [3.8, 4) is 0 Å². The summed E-state index contributed by atoms with van der Waals surface area (Å²) in [4.78, 5) is 26.9. The Hall–Kier alpha value is -3.02. The topological polar surface area (TPSA) is 61.4 Å². The lowest BCUT2D eigenvalue weighted by molar-refractivity contribution is -0.114. The molecule has 30 heavy (non-hydrogen) atoms. The number of carbonyl (C=O) groups excluding carboxylic acids is 2. The maximum Gasteiger partial charge on any atom is 0.258 e. The van der Waals surface area contributed by atoms with Crippen LogP contribution in [-0.2, 0) is 4.79 Å². The minimum absolute atomic E-state index is 0.0106. The van der Waals surface area contributed by atoms with Crippen molar-refractivity contribution in [1.29, 1.82) is 0 Å². The minimum Gasteiger partial charge on any atom is -0.376 e. The minimum atomic E-state index is -0.282. The van der Waals surface area contributed by atoms with Gasteiger partial charge in [-0.1, -0.05) is 47.5 Å². The molecule has 0 aliphatic heterocycles. The predicted octanol–water partition coefficient (Wildman–Crippen LogP) is 5.71. The molecular weight excluding hydrogens is 421 g/mol. The van der Waals surface area contributed by atoms with Crippen molar-refractivity contribution in [1.82, 2.24) is 0 Å². The highest BCUT2D eigenvalue weighted by atomic mass is 35.5. The number of halogens is 2. The number of nitrogens with one attached hydrogen (secondary N) is 2. The van der Waals surface area contributed by atoms with Gasteiger partial charge in [0.25, 0.3) is 5.91 Å². The van der Waals surface area contributed by atoms with Crippen molar-refractivity contribution in [3.63, 3.8) is 0 Å². The summed E-state index contributed by atoms with van der Waals surface area (Å²) in [6.45, 7) is 2.48. The molecule has 2 amide bonds. The number of hydrogen-bond donors (Lipinski definition) is 2. The standard InChI is InChI=1S/C23H21Cl2N3O2/c1-2-28(19-9-4-3-5-10-19)23(30)16-7-6-8-18(13-16)26-15-22(29)27-21-14-17(24)11-12-20(21)25/h3-14,26H,2,15H2,1H3,(H,27,29). The second-order valence-electron chi connectivity index (χ2n) is 6.49. The summed E-state index contributed by atoms with van der Waals surface area (Å²) in [5, 5.41) is 6.63. The third-order valence-electron chi connectivity index (χ3n) is 4.39. The van der Waals surface area contributed by atoms with Gasteiger partial charge in [-0.25, -0.2) is 0 Å². The lowest BCUT2D eigenvalue weighted by atomic mass is 10.1. The van der Waals surface area contributed by atoms with Gasteiger partial charge >= 0.3 is 0 Å². The maximum atomic E-state index is 13.0. The third kappa shape index (κ3) is 5.53. The first-order valence-electron chi connectivity index (χ1n) is 9.43. The van der Waals surface area contributed by atoms with Crippen LogP contribution in [0.25, 0.3) is 0 Å². The van der Waals surface area contributed by atoms with Gasteiger partial charge in [-0.05, 0) is 55.5 Å². The average molecular weight is 442 g/mol. The van der Waals surface area contributed by atoms with E-state index < -0.39 is 0 Å². The van der Waals surface area contributed by atoms with Crippen molar-refractivity contribution >= 4 is 52.1 Å². The molecule has 0 heterocycles. The van der Waals surface area contributed by atoms with E-state index >= 15 is 0 Å². The van der Waals surface area contributed by atoms with Gasteiger partial charge in [0.1, 0.15) is 0 Å². The lowest BCUT2D eigenvalue weighted by Crippen LogP contribution is -2.30. The van der Waals surface area contributed by atoms with E-state index in [0.717, 1.165) is 5.69 Å². The first-order valence-corrected chi connectivity index (χ1v) is 10.2. The van der Waals surface area contributed by atoms with E-state index in [1.54, 1.807) is 47.4 Å². The lowest BCUT2D eigenvalue weighted by Gasteiger charge is -2.21. The number of amides is 2. The fraction of sp³-hybridized carbons (Fsp3) is 0.130. The Labute approximate surface area is 185 Å². The number of rotatable bonds is 7. The molecule has 0 saturated carbocycles. The molecule has 0 aliphatic carbocycles. The van der Waals surface area contributed by atoms with Crippen LogP contribution < -0.4 is 15.5 Å². The predicted molar refractivity (Wildman–Crippen MR) is 124 cm³/mol. The summed E-state index contributed by atoms with van der Waals surface area (Å²) in [5.41, 5.74) is 2.48. The molecule has 0 aliphatic rings. The normalized spacial score (nSPS) is 10.4. The molecule has 2 N–H and O–H groups in total. The first-order chi connectivity index (χ1) is 14.5. The molecule has 0 spiro atoms. The molecule has 0 saturated heterocycles. The van der Waals surface area contributed by atoms with E-state index in [-0.39, 0.29) is 18.4 Å². The zero-order valence-corrected chi connectivity index (χ0v) is 17.9. The van der Waals surface area contributed by atoms with Crippen LogP contribution >= 0.6 is 23.2 Å². The molecule has 154 valence electrons. The molecule has 3 aromatic carbocycles. The highest BCUT2D eigenvalue weighted by Crippen LogP contribution is 2.25. The molecule has 3 aromatic rings. The van der Waals surface area contributed by atoms with Crippen molar-refractivity contribution in [2.75, 3.05) is 28.6 Å². The SMILES string of the molecule is CCN(C(=O)c1cccc(NCC(=O)Nc2cc(Cl)ccc2Cl)c1)c1ccccc1. The molecule has 0 aromatic heterocycles. The molecular formula is C23H21Cl2N3O2. The summed E-state index contributed by atoms with van der Waals surface area (Å²) in [6, 6.07) is 21.4. The Morgan fingerprint density at radius 3 is 2.43 bits per heavy atom. The van der Waals surface area contributed by atoms with Gasteiger partial charge in [-0.15, -0.1) is 0 Å². The Bertz CT molecular complexity index is 1040.